The number of pyridine rings is 1. The molecule has 5 aromatic carbocycles. The van der Waals surface area contributed by atoms with Gasteiger partial charge in [-0.3, -0.25) is 54.0 Å². The molecule has 0 radical (unpaired) electrons. The topological polar surface area (TPSA) is 297 Å². The monoisotopic (exact) mass is 1330 g/mol. The SMILES string of the molecule is O=C1CCC(N2C(=O)c3cccc(NCCCCCCC(=O)N4CCC(COc5cccc(-c6ccc(Cl)cc6)c5CN5CCN(c6ccc(C(=O)NS(=O)(=O)c7ccc(NCC8CCOCC8)c([N+](=O)[O-])c7)c(Oc7cnc8[nH]ccc8c7)c6)CC5)CC4)c3C2=O)C(=O)N1. The molecule has 0 spiro atoms. The maximum atomic E-state index is 14.2. The van der Waals surface area contributed by atoms with Crippen molar-refractivity contribution in [2.45, 2.75) is 88.1 Å². The van der Waals surface area contributed by atoms with Gasteiger partial charge < -0.3 is 39.6 Å². The fourth-order valence-electron chi connectivity index (χ4n) is 13.0. The quantitative estimate of drug-likeness (QED) is 0.0154. The molecule has 0 bridgehead atoms. The maximum Gasteiger partial charge on any atom is 0.293 e. The van der Waals surface area contributed by atoms with Crippen molar-refractivity contribution >= 4 is 90.9 Å². The number of imide groups is 2. The number of benzene rings is 5. The summed E-state index contributed by atoms with van der Waals surface area (Å²) in [5, 5.41) is 22.2. The Bertz CT molecular complexity index is 4170. The molecule has 1 atom stereocenters. The Morgan fingerprint density at radius 2 is 1.54 bits per heavy atom. The van der Waals surface area contributed by atoms with Crippen LogP contribution in [0.25, 0.3) is 22.2 Å². The van der Waals surface area contributed by atoms with Gasteiger partial charge in [0.15, 0.2) is 0 Å². The van der Waals surface area contributed by atoms with Gasteiger partial charge in [0.2, 0.25) is 17.7 Å². The Labute approximate surface area is 554 Å². The van der Waals surface area contributed by atoms with E-state index in [1.54, 1.807) is 42.6 Å². The number of sulfonamides is 1. The van der Waals surface area contributed by atoms with Crippen molar-refractivity contribution in [2.24, 2.45) is 11.8 Å². The van der Waals surface area contributed by atoms with Gasteiger partial charge in [0.25, 0.3) is 33.4 Å². The highest BCUT2D eigenvalue weighted by Crippen LogP contribution is 2.38. The Hall–Kier alpha value is -9.43. The highest BCUT2D eigenvalue weighted by Gasteiger charge is 2.46. The number of fused-ring (bicyclic) bond motifs is 2. The van der Waals surface area contributed by atoms with E-state index in [2.05, 4.69) is 46.5 Å². The van der Waals surface area contributed by atoms with Crippen molar-refractivity contribution in [3.05, 3.63) is 159 Å². The van der Waals surface area contributed by atoms with Gasteiger partial charge in [-0.15, -0.1) is 0 Å². The minimum atomic E-state index is -4.63. The third kappa shape index (κ3) is 15.4. The van der Waals surface area contributed by atoms with Gasteiger partial charge in [0.1, 0.15) is 34.6 Å². The number of piperidine rings is 2. The number of carbonyl (C=O) groups is 6. The first-order valence-corrected chi connectivity index (χ1v) is 34.2. The Balaban J connectivity index is 0.641. The Morgan fingerprint density at radius 3 is 2.32 bits per heavy atom. The molecule has 6 amide bonds. The molecule has 26 heteroatoms. The van der Waals surface area contributed by atoms with Crippen molar-refractivity contribution in [3.8, 4) is 28.4 Å². The molecule has 5 aliphatic rings. The molecule has 12 rings (SSSR count). The van der Waals surface area contributed by atoms with E-state index in [9.17, 15) is 47.3 Å². The zero-order chi connectivity index (χ0) is 66.2. The summed E-state index contributed by atoms with van der Waals surface area (Å²) in [5.74, 6) is -1.42. The number of H-pyrrole nitrogens is 1. The zero-order valence-electron chi connectivity index (χ0n) is 52.3. The smallest absolute Gasteiger partial charge is 0.293 e. The zero-order valence-corrected chi connectivity index (χ0v) is 53.9. The number of nitrogens with one attached hydrogen (secondary N) is 5. The molecule has 0 saturated carbocycles. The number of ether oxygens (including phenoxy) is 3. The highest BCUT2D eigenvalue weighted by atomic mass is 35.5. The number of unbranched alkanes of at least 4 members (excludes halogenated alkanes) is 3. The number of nitro groups is 1. The van der Waals surface area contributed by atoms with E-state index >= 15 is 0 Å². The van der Waals surface area contributed by atoms with Crippen molar-refractivity contribution in [2.75, 3.05) is 87.7 Å². The lowest BCUT2D eigenvalue weighted by atomic mass is 9.96. The third-order valence-electron chi connectivity index (χ3n) is 18.4. The minimum Gasteiger partial charge on any atom is -0.493 e. The van der Waals surface area contributed by atoms with Crippen LogP contribution >= 0.6 is 11.6 Å². The number of amides is 6. The van der Waals surface area contributed by atoms with E-state index < -0.39 is 61.1 Å². The van der Waals surface area contributed by atoms with Crippen LogP contribution in [-0.4, -0.2) is 152 Å². The Morgan fingerprint density at radius 1 is 0.768 bits per heavy atom. The van der Waals surface area contributed by atoms with Gasteiger partial charge in [-0.05, 0) is 135 Å². The van der Waals surface area contributed by atoms with Gasteiger partial charge in [-0.25, -0.2) is 18.1 Å². The van der Waals surface area contributed by atoms with Crippen LogP contribution in [0.5, 0.6) is 17.2 Å². The van der Waals surface area contributed by atoms with Gasteiger partial charge in [-0.2, -0.15) is 0 Å². The van der Waals surface area contributed by atoms with Crippen LogP contribution in [0.15, 0.2) is 126 Å². The van der Waals surface area contributed by atoms with E-state index in [4.69, 9.17) is 25.8 Å². The number of piperazine rings is 1. The second kappa shape index (κ2) is 29.5. The van der Waals surface area contributed by atoms with Gasteiger partial charge in [0.05, 0.1) is 39.3 Å². The summed E-state index contributed by atoms with van der Waals surface area (Å²) in [7, 11) is -4.63. The number of anilines is 3. The summed E-state index contributed by atoms with van der Waals surface area (Å²) in [6, 6.07) is 29.9. The van der Waals surface area contributed by atoms with Crippen LogP contribution < -0.4 is 35.0 Å². The summed E-state index contributed by atoms with van der Waals surface area (Å²) < 4.78 is 48.5. The number of nitro benzene ring substituents is 1. The normalized spacial score (nSPS) is 17.4. The van der Waals surface area contributed by atoms with Crippen LogP contribution in [0.2, 0.25) is 5.02 Å². The number of nitrogens with zero attached hydrogens (tertiary/aromatic N) is 6. The first kappa shape index (κ1) is 65.6. The average Bonchev–Trinajstić information content (AvgIpc) is 1.63. The molecule has 1 unspecified atom stereocenters. The molecule has 4 fully saturated rings. The summed E-state index contributed by atoms with van der Waals surface area (Å²) in [6.45, 7) is 7.03. The Kier molecular flexibility index (Phi) is 20.4. The lowest BCUT2D eigenvalue weighted by Crippen LogP contribution is -2.54. The molecular weight excluding hydrogens is 1260 g/mol. The van der Waals surface area contributed by atoms with Crippen molar-refractivity contribution in [1.82, 2.24) is 34.7 Å². The van der Waals surface area contributed by atoms with Gasteiger partial charge >= 0.3 is 0 Å². The number of halogens is 1. The summed E-state index contributed by atoms with van der Waals surface area (Å²) in [4.78, 5) is 105. The lowest BCUT2D eigenvalue weighted by Gasteiger charge is -2.37. The first-order chi connectivity index (χ1) is 46.0. The third-order valence-corrected chi connectivity index (χ3v) is 20.0. The predicted octanol–water partition coefficient (Wildman–Crippen LogP) is 9.94. The molecule has 7 heterocycles. The van der Waals surface area contributed by atoms with E-state index in [-0.39, 0.29) is 58.7 Å². The molecule has 0 aliphatic carbocycles. The number of likely N-dealkylation sites (tertiary alicyclic amines) is 1. The van der Waals surface area contributed by atoms with E-state index in [0.717, 1.165) is 95.8 Å². The molecule has 496 valence electrons. The lowest BCUT2D eigenvalue weighted by molar-refractivity contribution is -0.384. The standard InChI is InChI=1S/C69H74ClN11O13S/c70-48-14-12-46(13-15-48)52-7-6-10-60(93-43-45-23-29-79(30-24-45)63(83)11-3-1-2-4-27-71-57-9-5-8-54-64(57)69(87)80(68(54)86)58-20-21-62(82)75-67(58)85)55(52)42-77-31-33-78(34-32-77)49-16-18-53(61(38-49)94-50-37-47-22-28-72-65(47)74-41-50)66(84)76-95(90,91)51-17-19-56(59(39-51)81(88)89)73-40-44-25-35-92-36-26-44/h5-10,12-19,22,28,37-39,41,44-45,58,71,73H,1-4,11,20-21,23-27,29-36,40,42-43H2,(H,72,74)(H,76,84)(H,75,82,85). The van der Waals surface area contributed by atoms with E-state index in [1.165, 1.54) is 24.4 Å². The van der Waals surface area contributed by atoms with Crippen LogP contribution in [0.4, 0.5) is 22.7 Å². The second-order valence-electron chi connectivity index (χ2n) is 24.6. The van der Waals surface area contributed by atoms with Gasteiger partial charge in [-0.1, -0.05) is 54.8 Å². The minimum absolute atomic E-state index is 0.0482. The number of aromatic amines is 1. The average molecular weight is 1330 g/mol. The molecular formula is C69H74ClN11O13S. The molecule has 4 saturated heterocycles. The van der Waals surface area contributed by atoms with Crippen LogP contribution in [-0.2, 0) is 35.7 Å². The van der Waals surface area contributed by atoms with Crippen LogP contribution in [0, 0.1) is 22.0 Å². The number of rotatable bonds is 25. The largest absolute Gasteiger partial charge is 0.493 e. The molecule has 2 aromatic heterocycles. The van der Waals surface area contributed by atoms with E-state index in [1.807, 2.05) is 47.4 Å². The predicted molar refractivity (Wildman–Crippen MR) is 356 cm³/mol. The summed E-state index contributed by atoms with van der Waals surface area (Å²) in [5.41, 5.74) is 5.00. The van der Waals surface area contributed by atoms with Crippen LogP contribution in [0.1, 0.15) is 107 Å². The first-order valence-electron chi connectivity index (χ1n) is 32.3. The number of aromatic nitrogens is 2. The maximum absolute atomic E-state index is 14.2. The number of carbonyl (C=O) groups excluding carboxylic acids is 6. The molecule has 5 N–H and O–H groups in total. The fraction of sp³-hybridized carbons (Fsp3) is 0.377. The summed E-state index contributed by atoms with van der Waals surface area (Å²) in [6.07, 6.45) is 10.3. The second-order valence-corrected chi connectivity index (χ2v) is 26.7. The van der Waals surface area contributed by atoms with Gasteiger partial charge in [0, 0.05) is 131 Å². The van der Waals surface area contributed by atoms with E-state index in [0.29, 0.717) is 107 Å². The highest BCUT2D eigenvalue weighted by molar-refractivity contribution is 7.90. The molecule has 95 heavy (non-hydrogen) atoms. The molecule has 7 aromatic rings. The van der Waals surface area contributed by atoms with Crippen molar-refractivity contribution in [1.29, 1.82) is 0 Å². The van der Waals surface area contributed by atoms with Crippen LogP contribution in [0.3, 0.4) is 0 Å². The molecule has 24 nitrogen and oxygen atoms in total. The number of hydrogen-bond acceptors (Lipinski definition) is 18. The van der Waals surface area contributed by atoms with Crippen molar-refractivity contribution in [3.63, 3.8) is 0 Å². The molecule has 5 aliphatic heterocycles. The summed E-state index contributed by atoms with van der Waals surface area (Å²) >= 11 is 6.38. The number of hydrogen-bond donors (Lipinski definition) is 5. The van der Waals surface area contributed by atoms with Crippen molar-refractivity contribution < 1.29 is 56.3 Å². The fourth-order valence-corrected chi connectivity index (χ4v) is 14.1.